The first kappa shape index (κ1) is 65.4. The van der Waals surface area contributed by atoms with Crippen LogP contribution in [0.4, 0.5) is 21.0 Å². The number of nitro groups is 1. The predicted molar refractivity (Wildman–Crippen MR) is 291 cm³/mol. The highest BCUT2D eigenvalue weighted by Crippen LogP contribution is 2.40. The number of carbonyl (C=O) groups excluding carboxylic acids is 2. The van der Waals surface area contributed by atoms with E-state index in [1.165, 1.54) is 24.3 Å². The first-order chi connectivity index (χ1) is 37.6. The van der Waals surface area contributed by atoms with E-state index in [0.717, 1.165) is 38.4 Å². The molecule has 2 aliphatic rings. The van der Waals surface area contributed by atoms with E-state index in [-0.39, 0.29) is 66.5 Å². The molecule has 2 fully saturated rings. The zero-order valence-electron chi connectivity index (χ0n) is 44.4. The summed E-state index contributed by atoms with van der Waals surface area (Å²) in [7, 11) is -18.8. The number of non-ortho nitro benzene ring substituents is 1. The molecule has 4 aromatic rings. The number of alkyl carbamates (subject to hydrolysis) is 2. The minimum atomic E-state index is -5.19. The number of benzene rings is 4. The maximum atomic E-state index is 13.7. The summed E-state index contributed by atoms with van der Waals surface area (Å²) < 4.78 is 112. The molecular formula is C50H70N6O20P2S2. The number of hydrogen-bond donors (Lipinski definition) is 7. The van der Waals surface area contributed by atoms with E-state index in [2.05, 4.69) is 10.6 Å². The highest BCUT2D eigenvalue weighted by atomic mass is 32.2. The molecule has 0 spiro atoms. The fourth-order valence-electron chi connectivity index (χ4n) is 8.43. The van der Waals surface area contributed by atoms with Crippen molar-refractivity contribution < 1.29 is 88.0 Å². The van der Waals surface area contributed by atoms with Crippen molar-refractivity contribution in [2.24, 2.45) is 11.8 Å². The van der Waals surface area contributed by atoms with E-state index in [4.69, 9.17) is 33.7 Å². The lowest BCUT2D eigenvalue weighted by Gasteiger charge is -2.33. The van der Waals surface area contributed by atoms with Crippen LogP contribution in [0.1, 0.15) is 51.7 Å². The Balaban J connectivity index is 0.000000294. The van der Waals surface area contributed by atoms with Gasteiger partial charge < -0.3 is 54.9 Å². The number of phosphoric ester groups is 2. The van der Waals surface area contributed by atoms with Gasteiger partial charge in [-0.1, -0.05) is 88.4 Å². The number of nitrogens with zero attached hydrogens (tertiary/aromatic N) is 3. The molecule has 0 saturated carbocycles. The Labute approximate surface area is 464 Å². The molecule has 26 nitrogen and oxygen atoms in total. The maximum absolute atomic E-state index is 13.7. The summed E-state index contributed by atoms with van der Waals surface area (Å²) in [6, 6.07) is 25.3. The van der Waals surface area contributed by atoms with Gasteiger partial charge in [-0.05, 0) is 72.2 Å². The number of nitrogen functional groups attached to an aromatic ring is 1. The highest BCUT2D eigenvalue weighted by Gasteiger charge is 2.39. The number of anilines is 1. The normalized spacial score (nSPS) is 17.6. The molecule has 0 aliphatic carbocycles. The Morgan fingerprint density at radius 1 is 0.637 bits per heavy atom. The molecule has 2 aliphatic heterocycles. The van der Waals surface area contributed by atoms with Gasteiger partial charge in [-0.3, -0.25) is 19.2 Å². The zero-order chi connectivity index (χ0) is 58.8. The van der Waals surface area contributed by atoms with Crippen LogP contribution in [0, 0.1) is 22.0 Å². The van der Waals surface area contributed by atoms with E-state index in [0.29, 0.717) is 37.3 Å². The van der Waals surface area contributed by atoms with Crippen molar-refractivity contribution in [3.05, 3.63) is 130 Å². The van der Waals surface area contributed by atoms with Crippen LogP contribution in [0.3, 0.4) is 0 Å². The number of nitro benzene ring substituents is 1. The molecule has 30 heteroatoms. The molecule has 0 unspecified atom stereocenters. The highest BCUT2D eigenvalue weighted by molar-refractivity contribution is 7.89. The monoisotopic (exact) mass is 1200 g/mol. The van der Waals surface area contributed by atoms with Gasteiger partial charge >= 0.3 is 27.8 Å². The lowest BCUT2D eigenvalue weighted by atomic mass is 10.0. The van der Waals surface area contributed by atoms with Crippen molar-refractivity contribution in [2.45, 2.75) is 99.7 Å². The Morgan fingerprint density at radius 3 is 1.31 bits per heavy atom. The molecule has 0 radical (unpaired) electrons. The van der Waals surface area contributed by atoms with Crippen LogP contribution in [-0.2, 0) is 70.0 Å². The maximum Gasteiger partial charge on any atom is 0.469 e. The van der Waals surface area contributed by atoms with Gasteiger partial charge in [0, 0.05) is 56.8 Å². The number of nitrogens with two attached hydrogens (primary N) is 1. The Hall–Kier alpha value is -5.42. The predicted octanol–water partition coefficient (Wildman–Crippen LogP) is 5.37. The summed E-state index contributed by atoms with van der Waals surface area (Å²) >= 11 is 0. The molecular weight excluding hydrogens is 1130 g/mol. The second-order valence-corrected chi connectivity index (χ2v) is 25.9. The van der Waals surface area contributed by atoms with Crippen LogP contribution in [0.5, 0.6) is 0 Å². The van der Waals surface area contributed by atoms with Gasteiger partial charge in [-0.15, -0.1) is 0 Å². The molecule has 6 atom stereocenters. The summed E-state index contributed by atoms with van der Waals surface area (Å²) in [5.74, 6) is -0.372. The number of hydrogen-bond acceptors (Lipinski definition) is 17. The van der Waals surface area contributed by atoms with Crippen molar-refractivity contribution in [3.8, 4) is 0 Å². The topological polar surface area (TPSA) is 373 Å². The average Bonchev–Trinajstić information content (AvgIpc) is 4.10. The van der Waals surface area contributed by atoms with E-state index in [9.17, 15) is 65.2 Å². The van der Waals surface area contributed by atoms with Gasteiger partial charge in [0.05, 0.1) is 53.2 Å². The fraction of sp³-hybridized carbons (Fsp3) is 0.480. The Morgan fingerprint density at radius 2 is 1.00 bits per heavy atom. The van der Waals surface area contributed by atoms with E-state index < -0.39 is 102 Å². The van der Waals surface area contributed by atoms with Crippen molar-refractivity contribution >= 4 is 59.3 Å². The van der Waals surface area contributed by atoms with Crippen LogP contribution >= 0.6 is 15.6 Å². The molecule has 0 bridgehead atoms. The van der Waals surface area contributed by atoms with Gasteiger partial charge in [0.25, 0.3) is 5.69 Å². The summed E-state index contributed by atoms with van der Waals surface area (Å²) in [6.07, 6.45) is -4.56. The molecule has 8 N–H and O–H groups in total. The summed E-state index contributed by atoms with van der Waals surface area (Å²) in [5.41, 5.74) is 7.20. The third-order valence-corrected chi connectivity index (χ3v) is 16.9. The average molecular weight is 1200 g/mol. The number of sulfonamides is 2. The SMILES string of the molecule is CC(C)CN(C[C@@H](OP(=O)(O)O)[C@H](Cc1ccccc1)NC(=O)O[C@@H]1CCOC1)S(=O)(=O)c1ccc(N)cc1.CC(C)CN(C[C@@H](OP(=O)(O)O)[C@H](Cc1ccccc1)NC(=O)O[C@@H]1CCOC1)S(=O)(=O)c1ccc([N+](=O)[O-])cc1. The number of nitrogens with one attached hydrogen (secondary N) is 2. The molecule has 442 valence electrons. The lowest BCUT2D eigenvalue weighted by molar-refractivity contribution is -0.384. The summed E-state index contributed by atoms with van der Waals surface area (Å²) in [4.78, 5) is 74.7. The van der Waals surface area contributed by atoms with E-state index in [1.54, 1.807) is 74.5 Å². The second kappa shape index (κ2) is 30.0. The van der Waals surface area contributed by atoms with Crippen LogP contribution < -0.4 is 16.4 Å². The van der Waals surface area contributed by atoms with Gasteiger partial charge in [0.15, 0.2) is 0 Å². The molecule has 2 saturated heterocycles. The Bertz CT molecular complexity index is 2930. The van der Waals surface area contributed by atoms with Crippen molar-refractivity contribution in [1.82, 2.24) is 19.2 Å². The van der Waals surface area contributed by atoms with Crippen LogP contribution in [0.25, 0.3) is 0 Å². The summed E-state index contributed by atoms with van der Waals surface area (Å²) in [5, 5.41) is 16.3. The molecule has 80 heavy (non-hydrogen) atoms. The Kier molecular flexibility index (Phi) is 24.6. The molecule has 2 amide bonds. The zero-order valence-corrected chi connectivity index (χ0v) is 47.9. The second-order valence-electron chi connectivity index (χ2n) is 19.7. The standard InChI is InChI=1S/C25H34N3O11PS.C25H36N3O9PS/c1-18(2)15-27(41(35,36)22-10-8-20(9-11-22)28(30)31)16-24(39-40(32,33)34)23(14-19-6-4-3-5-7-19)26-25(29)38-21-12-13-37-17-21;1-18(2)15-28(39(33,34)22-10-8-20(26)9-11-22)16-24(37-38(30,31)32)23(14-19-6-4-3-5-7-19)27-25(29)36-21-12-13-35-17-21/h3-11,18,21,23-24H,12-17H2,1-2H3,(H,26,29)(H2,32,33,34);3-11,18,21,23-24H,12-17,26H2,1-2H3,(H,27,29)(H2,30,31,32)/t2*21-,23+,24-/m11/s1. The number of ether oxygens (including phenoxy) is 4. The van der Waals surface area contributed by atoms with Crippen molar-refractivity contribution in [2.75, 3.05) is 58.3 Å². The molecule has 6 rings (SSSR count). The number of phosphoric acid groups is 2. The third-order valence-electron chi connectivity index (χ3n) is 12.1. The van der Waals surface area contributed by atoms with Gasteiger partial charge in [-0.25, -0.2) is 35.6 Å². The number of amides is 2. The van der Waals surface area contributed by atoms with Crippen LogP contribution in [0.15, 0.2) is 119 Å². The smallest absolute Gasteiger partial charge is 0.444 e. The third kappa shape index (κ3) is 21.8. The first-order valence-corrected chi connectivity index (χ1v) is 31.3. The van der Waals surface area contributed by atoms with Crippen molar-refractivity contribution in [1.29, 1.82) is 0 Å². The molecule has 4 aromatic carbocycles. The van der Waals surface area contributed by atoms with Gasteiger partial charge in [0.2, 0.25) is 20.0 Å². The van der Waals surface area contributed by atoms with Crippen LogP contribution in [0.2, 0.25) is 0 Å². The minimum absolute atomic E-state index is 0.0227. The molecule has 2 heterocycles. The minimum Gasteiger partial charge on any atom is -0.444 e. The van der Waals surface area contributed by atoms with Crippen molar-refractivity contribution in [3.63, 3.8) is 0 Å². The number of carbonyl (C=O) groups is 2. The van der Waals surface area contributed by atoms with Gasteiger partial charge in [-0.2, -0.15) is 8.61 Å². The number of rotatable bonds is 27. The first-order valence-electron chi connectivity index (χ1n) is 25.3. The van der Waals surface area contributed by atoms with Gasteiger partial charge in [0.1, 0.15) is 24.4 Å². The fourth-order valence-corrected chi connectivity index (χ4v) is 12.8. The lowest BCUT2D eigenvalue weighted by Crippen LogP contribution is -2.52. The molecule has 0 aromatic heterocycles. The van der Waals surface area contributed by atoms with Crippen LogP contribution in [-0.4, -0.2) is 151 Å². The quantitative estimate of drug-likeness (QED) is 0.0171. The summed E-state index contributed by atoms with van der Waals surface area (Å²) in [6.45, 7) is 7.34. The van der Waals surface area contributed by atoms with E-state index in [1.807, 2.05) is 13.8 Å². The largest absolute Gasteiger partial charge is 0.469 e. The van der Waals surface area contributed by atoms with E-state index >= 15 is 0 Å².